The zero-order valence-electron chi connectivity index (χ0n) is 7.87. The van der Waals surface area contributed by atoms with Crippen LogP contribution < -0.4 is 0 Å². The van der Waals surface area contributed by atoms with Crippen LogP contribution in [-0.2, 0) is 14.4 Å². The minimum atomic E-state index is -0.634. The van der Waals surface area contributed by atoms with Crippen LogP contribution in [0.25, 0.3) is 0 Å². The Morgan fingerprint density at radius 3 is 3.00 bits per heavy atom. The van der Waals surface area contributed by atoms with Gasteiger partial charge in [-0.25, -0.2) is 4.84 Å². The topological polar surface area (TPSA) is 38.8 Å². The number of piperidine rings is 1. The summed E-state index contributed by atoms with van der Waals surface area (Å²) < 4.78 is 5.80. The summed E-state index contributed by atoms with van der Waals surface area (Å²) >= 11 is 0. The lowest BCUT2D eigenvalue weighted by Gasteiger charge is -2.26. The first-order valence-electron chi connectivity index (χ1n) is 4.76. The van der Waals surface area contributed by atoms with Crippen LogP contribution in [0, 0.1) is 5.92 Å². The molecule has 1 aliphatic carbocycles. The Kier molecular flexibility index (Phi) is 1.14. The highest BCUT2D eigenvalue weighted by Gasteiger charge is 2.65. The molecule has 0 aromatic rings. The van der Waals surface area contributed by atoms with Crippen molar-refractivity contribution in [2.24, 2.45) is 5.92 Å². The summed E-state index contributed by atoms with van der Waals surface area (Å²) in [5.41, 5.74) is -0.411. The van der Waals surface area contributed by atoms with Crippen LogP contribution in [0.5, 0.6) is 0 Å². The van der Waals surface area contributed by atoms with Gasteiger partial charge in [0.15, 0.2) is 11.5 Å². The van der Waals surface area contributed by atoms with Crippen molar-refractivity contribution in [2.75, 3.05) is 0 Å². The molecule has 3 fully saturated rings. The van der Waals surface area contributed by atoms with E-state index in [0.29, 0.717) is 0 Å². The van der Waals surface area contributed by atoms with Gasteiger partial charge in [0.25, 0.3) is 5.91 Å². The summed E-state index contributed by atoms with van der Waals surface area (Å²) in [4.78, 5) is 17.1. The van der Waals surface area contributed by atoms with Gasteiger partial charge in [0.05, 0.1) is 0 Å². The lowest BCUT2D eigenvalue weighted by molar-refractivity contribution is -0.219. The third-order valence-electron chi connectivity index (χ3n) is 3.12. The minimum Gasteiger partial charge on any atom is -0.320 e. The van der Waals surface area contributed by atoms with Gasteiger partial charge in [-0.15, -0.1) is 0 Å². The molecule has 3 aliphatic rings. The molecule has 2 aliphatic heterocycles. The predicted octanol–water partition coefficient (Wildman–Crippen LogP) is 1.02. The fourth-order valence-corrected chi connectivity index (χ4v) is 2.71. The summed E-state index contributed by atoms with van der Waals surface area (Å²) in [6, 6.07) is 0. The summed E-state index contributed by atoms with van der Waals surface area (Å²) in [7, 11) is 0. The Balaban J connectivity index is 2.01. The smallest absolute Gasteiger partial charge is 0.252 e. The molecule has 4 heteroatoms. The van der Waals surface area contributed by atoms with Crippen molar-refractivity contribution in [1.29, 1.82) is 0 Å². The van der Waals surface area contributed by atoms with Gasteiger partial charge in [0, 0.05) is 12.3 Å². The van der Waals surface area contributed by atoms with E-state index in [0.717, 1.165) is 19.3 Å². The van der Waals surface area contributed by atoms with Crippen molar-refractivity contribution in [3.05, 3.63) is 0 Å². The molecule has 1 saturated carbocycles. The number of amides is 1. The lowest BCUT2D eigenvalue weighted by atomic mass is 10.1. The number of hydroxylamine groups is 2. The first kappa shape index (κ1) is 7.76. The van der Waals surface area contributed by atoms with Crippen molar-refractivity contribution >= 4 is 5.91 Å². The first-order valence-corrected chi connectivity index (χ1v) is 4.76. The third-order valence-corrected chi connectivity index (χ3v) is 3.12. The summed E-state index contributed by atoms with van der Waals surface area (Å²) in [6.45, 7) is 3.70. The third kappa shape index (κ3) is 0.802. The molecule has 2 saturated heterocycles. The van der Waals surface area contributed by atoms with Gasteiger partial charge in [-0.1, -0.05) is 0 Å². The highest BCUT2D eigenvalue weighted by molar-refractivity contribution is 5.82. The largest absolute Gasteiger partial charge is 0.320 e. The lowest BCUT2D eigenvalue weighted by Crippen LogP contribution is -2.42. The Morgan fingerprint density at radius 2 is 2.31 bits per heavy atom. The molecule has 0 aromatic carbocycles. The molecule has 0 N–H and O–H groups in total. The van der Waals surface area contributed by atoms with Crippen molar-refractivity contribution in [1.82, 2.24) is 5.06 Å². The number of carbonyl (C=O) groups is 1. The van der Waals surface area contributed by atoms with Gasteiger partial charge in [-0.2, -0.15) is 5.06 Å². The molecule has 2 atom stereocenters. The number of carbonyl (C=O) groups excluding carboxylic acids is 1. The number of ether oxygens (including phenoxy) is 1. The van der Waals surface area contributed by atoms with Crippen LogP contribution in [0.4, 0.5) is 0 Å². The quantitative estimate of drug-likeness (QED) is 0.563. The SMILES string of the molecule is CC1(C)ON2C(=O)C3CCC2(C3)O1. The van der Waals surface area contributed by atoms with Gasteiger partial charge in [0.1, 0.15) is 0 Å². The molecule has 72 valence electrons. The molecule has 3 rings (SSSR count). The van der Waals surface area contributed by atoms with E-state index >= 15 is 0 Å². The van der Waals surface area contributed by atoms with Crippen LogP contribution >= 0.6 is 0 Å². The molecule has 0 radical (unpaired) electrons. The van der Waals surface area contributed by atoms with Crippen LogP contribution in [-0.4, -0.2) is 22.5 Å². The number of rotatable bonds is 0. The average molecular weight is 183 g/mol. The van der Waals surface area contributed by atoms with Crippen LogP contribution in [0.1, 0.15) is 33.1 Å². The number of hydrogen-bond donors (Lipinski definition) is 0. The molecule has 2 unspecified atom stereocenters. The highest BCUT2D eigenvalue weighted by Crippen LogP contribution is 2.54. The molecule has 2 bridgehead atoms. The number of hydrogen-bond acceptors (Lipinski definition) is 3. The summed E-state index contributed by atoms with van der Waals surface area (Å²) in [6.07, 6.45) is 2.69. The summed E-state index contributed by atoms with van der Waals surface area (Å²) in [5, 5.41) is 1.47. The Morgan fingerprint density at radius 1 is 1.54 bits per heavy atom. The Bertz CT molecular complexity index is 289. The van der Waals surface area contributed by atoms with Crippen LogP contribution in [0.3, 0.4) is 0 Å². The maximum Gasteiger partial charge on any atom is 0.252 e. The molecule has 1 amide bonds. The average Bonchev–Trinajstić information content (AvgIpc) is 2.57. The molecule has 0 aromatic heterocycles. The molecule has 4 nitrogen and oxygen atoms in total. The molecular formula is C9H13NO3. The zero-order valence-corrected chi connectivity index (χ0v) is 7.87. The second-order valence-corrected chi connectivity index (χ2v) is 4.61. The maximum absolute atomic E-state index is 11.7. The Labute approximate surface area is 76.7 Å². The van der Waals surface area contributed by atoms with E-state index < -0.39 is 11.5 Å². The normalized spacial score (nSPS) is 45.8. The van der Waals surface area contributed by atoms with Gasteiger partial charge >= 0.3 is 0 Å². The zero-order chi connectivity index (χ0) is 9.27. The maximum atomic E-state index is 11.7. The predicted molar refractivity (Wildman–Crippen MR) is 43.2 cm³/mol. The van der Waals surface area contributed by atoms with E-state index in [1.54, 1.807) is 0 Å². The minimum absolute atomic E-state index is 0.108. The van der Waals surface area contributed by atoms with Crippen LogP contribution in [0.15, 0.2) is 0 Å². The van der Waals surface area contributed by atoms with Gasteiger partial charge in [0.2, 0.25) is 0 Å². The fourth-order valence-electron chi connectivity index (χ4n) is 2.71. The molecule has 13 heavy (non-hydrogen) atoms. The van der Waals surface area contributed by atoms with E-state index in [4.69, 9.17) is 9.57 Å². The molecule has 1 spiro atoms. The monoisotopic (exact) mass is 183 g/mol. The fraction of sp³-hybridized carbons (Fsp3) is 0.889. The van der Waals surface area contributed by atoms with Gasteiger partial charge in [-0.05, 0) is 26.7 Å². The number of nitrogens with zero attached hydrogens (tertiary/aromatic N) is 1. The van der Waals surface area contributed by atoms with Crippen LogP contribution in [0.2, 0.25) is 0 Å². The summed E-state index contributed by atoms with van der Waals surface area (Å²) in [5.74, 6) is -0.377. The second kappa shape index (κ2) is 1.91. The van der Waals surface area contributed by atoms with Gasteiger partial charge in [-0.3, -0.25) is 4.79 Å². The second-order valence-electron chi connectivity index (χ2n) is 4.61. The first-order chi connectivity index (χ1) is 6.03. The van der Waals surface area contributed by atoms with E-state index in [-0.39, 0.29) is 11.8 Å². The van der Waals surface area contributed by atoms with E-state index in [2.05, 4.69) is 0 Å². The molecule has 2 heterocycles. The standard InChI is InChI=1S/C9H13NO3/c1-8(2)12-9-4-3-6(5-9)7(11)10(9)13-8/h6H,3-5H2,1-2H3. The van der Waals surface area contributed by atoms with Crippen molar-refractivity contribution < 1.29 is 14.4 Å². The van der Waals surface area contributed by atoms with E-state index in [9.17, 15) is 4.79 Å². The Hall–Kier alpha value is -0.610. The highest BCUT2D eigenvalue weighted by atomic mass is 16.9. The van der Waals surface area contributed by atoms with Gasteiger partial charge < -0.3 is 4.74 Å². The van der Waals surface area contributed by atoms with E-state index in [1.807, 2.05) is 13.8 Å². The molecular weight excluding hydrogens is 170 g/mol. The number of fused-ring (bicyclic) bond motifs is 1. The van der Waals surface area contributed by atoms with E-state index in [1.165, 1.54) is 5.06 Å². The van der Waals surface area contributed by atoms with Crippen molar-refractivity contribution in [2.45, 2.75) is 44.6 Å². The van der Waals surface area contributed by atoms with Crippen molar-refractivity contribution in [3.8, 4) is 0 Å². The van der Waals surface area contributed by atoms with Crippen molar-refractivity contribution in [3.63, 3.8) is 0 Å².